The fourth-order valence-corrected chi connectivity index (χ4v) is 3.58. The first-order chi connectivity index (χ1) is 9.51. The van der Waals surface area contributed by atoms with Crippen LogP contribution in [0.1, 0.15) is 12.0 Å². The van der Waals surface area contributed by atoms with E-state index >= 15 is 0 Å². The van der Waals surface area contributed by atoms with Crippen LogP contribution in [0.5, 0.6) is 0 Å². The Labute approximate surface area is 120 Å². The first kappa shape index (κ1) is 15.4. The third-order valence-electron chi connectivity index (χ3n) is 3.69. The molecule has 1 aliphatic rings. The summed E-state index contributed by atoms with van der Waals surface area (Å²) in [7, 11) is -1.38. The molecule has 0 spiro atoms. The van der Waals surface area contributed by atoms with Crippen LogP contribution in [0.25, 0.3) is 0 Å². The van der Waals surface area contributed by atoms with Gasteiger partial charge >= 0.3 is 0 Å². The molecule has 112 valence electrons. The van der Waals surface area contributed by atoms with Gasteiger partial charge < -0.3 is 10.0 Å². The molecule has 2 rings (SSSR count). The van der Waals surface area contributed by atoms with Crippen LogP contribution in [-0.4, -0.2) is 51.7 Å². The van der Waals surface area contributed by atoms with Gasteiger partial charge in [-0.2, -0.15) is 0 Å². The van der Waals surface area contributed by atoms with E-state index in [4.69, 9.17) is 5.11 Å². The zero-order valence-corrected chi connectivity index (χ0v) is 12.6. The van der Waals surface area contributed by atoms with E-state index in [0.29, 0.717) is 18.9 Å². The number of likely N-dealkylation sites (tertiary alicyclic amines) is 1. The standard InChI is InChI=1S/C14H22N2O3S/c1-16-8-6-13(11-16)10-15-20(18,19)14-4-2-12(3-5-14)7-9-17/h2-5,13,15,17H,6-11H2,1H3. The predicted octanol–water partition coefficient (Wildman–Crippen LogP) is 0.451. The van der Waals surface area contributed by atoms with Crippen LogP contribution in [0, 0.1) is 5.92 Å². The second-order valence-corrected chi connectivity index (χ2v) is 7.15. The summed E-state index contributed by atoms with van der Waals surface area (Å²) in [5.41, 5.74) is 0.934. The molecule has 1 saturated heterocycles. The Morgan fingerprint density at radius 2 is 2.05 bits per heavy atom. The summed E-state index contributed by atoms with van der Waals surface area (Å²) in [6.07, 6.45) is 1.58. The summed E-state index contributed by atoms with van der Waals surface area (Å²) in [5, 5.41) is 8.84. The molecule has 0 radical (unpaired) electrons. The predicted molar refractivity (Wildman–Crippen MR) is 78.0 cm³/mol. The molecule has 1 aliphatic heterocycles. The van der Waals surface area contributed by atoms with Gasteiger partial charge in [0.25, 0.3) is 0 Å². The molecular weight excluding hydrogens is 276 g/mol. The fraction of sp³-hybridized carbons (Fsp3) is 0.571. The van der Waals surface area contributed by atoms with Crippen molar-refractivity contribution in [3.05, 3.63) is 29.8 Å². The van der Waals surface area contributed by atoms with Gasteiger partial charge in [-0.15, -0.1) is 0 Å². The van der Waals surface area contributed by atoms with Crippen molar-refractivity contribution in [2.24, 2.45) is 5.92 Å². The van der Waals surface area contributed by atoms with Crippen molar-refractivity contribution < 1.29 is 13.5 Å². The maximum absolute atomic E-state index is 12.2. The fourth-order valence-electron chi connectivity index (χ4n) is 2.47. The quantitative estimate of drug-likeness (QED) is 0.800. The second-order valence-electron chi connectivity index (χ2n) is 5.39. The maximum Gasteiger partial charge on any atom is 0.240 e. The Morgan fingerprint density at radius 3 is 2.60 bits per heavy atom. The summed E-state index contributed by atoms with van der Waals surface area (Å²) in [4.78, 5) is 2.49. The molecule has 1 fully saturated rings. The van der Waals surface area contributed by atoms with Gasteiger partial charge in [0, 0.05) is 19.7 Å². The van der Waals surface area contributed by atoms with Crippen LogP contribution in [0.4, 0.5) is 0 Å². The summed E-state index contributed by atoms with van der Waals surface area (Å²) >= 11 is 0. The zero-order valence-electron chi connectivity index (χ0n) is 11.7. The van der Waals surface area contributed by atoms with E-state index in [0.717, 1.165) is 25.1 Å². The molecule has 20 heavy (non-hydrogen) atoms. The van der Waals surface area contributed by atoms with E-state index in [1.807, 2.05) is 7.05 Å². The lowest BCUT2D eigenvalue weighted by molar-refractivity contribution is 0.299. The maximum atomic E-state index is 12.2. The van der Waals surface area contributed by atoms with Gasteiger partial charge in [-0.05, 0) is 50.0 Å². The van der Waals surface area contributed by atoms with E-state index in [1.54, 1.807) is 24.3 Å². The van der Waals surface area contributed by atoms with E-state index in [2.05, 4.69) is 9.62 Å². The molecule has 1 unspecified atom stereocenters. The molecule has 0 aliphatic carbocycles. The van der Waals surface area contributed by atoms with Gasteiger partial charge in [0.05, 0.1) is 4.90 Å². The molecule has 0 aromatic heterocycles. The summed E-state index contributed by atoms with van der Waals surface area (Å²) < 4.78 is 27.0. The minimum Gasteiger partial charge on any atom is -0.396 e. The number of rotatable bonds is 6. The number of aliphatic hydroxyl groups is 1. The van der Waals surface area contributed by atoms with Gasteiger partial charge in [-0.1, -0.05) is 12.1 Å². The van der Waals surface area contributed by atoms with Gasteiger partial charge in [0.15, 0.2) is 0 Å². The van der Waals surface area contributed by atoms with Gasteiger partial charge in [-0.3, -0.25) is 0 Å². The average Bonchev–Trinajstić information content (AvgIpc) is 2.84. The van der Waals surface area contributed by atoms with Crippen LogP contribution in [-0.2, 0) is 16.4 Å². The number of aliphatic hydroxyl groups excluding tert-OH is 1. The van der Waals surface area contributed by atoms with Crippen LogP contribution < -0.4 is 4.72 Å². The smallest absolute Gasteiger partial charge is 0.240 e. The Morgan fingerprint density at radius 1 is 1.35 bits per heavy atom. The van der Waals surface area contributed by atoms with Crippen molar-refractivity contribution in [3.63, 3.8) is 0 Å². The third kappa shape index (κ3) is 4.02. The zero-order chi connectivity index (χ0) is 14.6. The lowest BCUT2D eigenvalue weighted by Gasteiger charge is -2.12. The van der Waals surface area contributed by atoms with E-state index in [9.17, 15) is 8.42 Å². The summed E-state index contributed by atoms with van der Waals surface area (Å²) in [5.74, 6) is 0.392. The molecule has 1 heterocycles. The molecule has 1 atom stereocenters. The average molecular weight is 298 g/mol. The normalized spacial score (nSPS) is 20.4. The summed E-state index contributed by atoms with van der Waals surface area (Å²) in [6, 6.07) is 6.67. The number of sulfonamides is 1. The van der Waals surface area contributed by atoms with E-state index in [1.165, 1.54) is 0 Å². The molecule has 6 heteroatoms. The number of benzene rings is 1. The SMILES string of the molecule is CN1CCC(CNS(=O)(=O)c2ccc(CCO)cc2)C1. The topological polar surface area (TPSA) is 69.6 Å². The van der Waals surface area contributed by atoms with Crippen molar-refractivity contribution >= 4 is 10.0 Å². The lowest BCUT2D eigenvalue weighted by atomic mass is 10.1. The molecule has 0 amide bonds. The Kier molecular flexibility index (Phi) is 5.15. The molecular formula is C14H22N2O3S. The van der Waals surface area contributed by atoms with Crippen LogP contribution in [0.3, 0.4) is 0 Å². The van der Waals surface area contributed by atoms with E-state index in [-0.39, 0.29) is 11.5 Å². The summed E-state index contributed by atoms with van der Waals surface area (Å²) in [6.45, 7) is 2.53. The highest BCUT2D eigenvalue weighted by molar-refractivity contribution is 7.89. The number of nitrogens with one attached hydrogen (secondary N) is 1. The Hall–Kier alpha value is -0.950. The van der Waals surface area contributed by atoms with Gasteiger partial charge in [-0.25, -0.2) is 13.1 Å². The van der Waals surface area contributed by atoms with Gasteiger partial charge in [0.1, 0.15) is 0 Å². The molecule has 1 aromatic carbocycles. The van der Waals surface area contributed by atoms with Crippen LogP contribution >= 0.6 is 0 Å². The highest BCUT2D eigenvalue weighted by atomic mass is 32.2. The minimum absolute atomic E-state index is 0.0690. The van der Waals surface area contributed by atoms with Gasteiger partial charge in [0.2, 0.25) is 10.0 Å². The monoisotopic (exact) mass is 298 g/mol. The first-order valence-corrected chi connectivity index (χ1v) is 8.37. The third-order valence-corrected chi connectivity index (χ3v) is 5.12. The van der Waals surface area contributed by atoms with Crippen molar-refractivity contribution in [1.82, 2.24) is 9.62 Å². The number of hydrogen-bond acceptors (Lipinski definition) is 4. The van der Waals surface area contributed by atoms with Crippen molar-refractivity contribution in [3.8, 4) is 0 Å². The molecule has 0 saturated carbocycles. The lowest BCUT2D eigenvalue weighted by Crippen LogP contribution is -2.30. The first-order valence-electron chi connectivity index (χ1n) is 6.89. The highest BCUT2D eigenvalue weighted by Gasteiger charge is 2.22. The largest absolute Gasteiger partial charge is 0.396 e. The van der Waals surface area contributed by atoms with Crippen LogP contribution in [0.15, 0.2) is 29.2 Å². The van der Waals surface area contributed by atoms with Crippen molar-refractivity contribution in [1.29, 1.82) is 0 Å². The highest BCUT2D eigenvalue weighted by Crippen LogP contribution is 2.15. The Bertz CT molecular complexity index is 528. The second kappa shape index (κ2) is 6.67. The minimum atomic E-state index is -3.43. The van der Waals surface area contributed by atoms with E-state index < -0.39 is 10.0 Å². The molecule has 5 nitrogen and oxygen atoms in total. The molecule has 1 aromatic rings. The van der Waals surface area contributed by atoms with Crippen molar-refractivity contribution in [2.75, 3.05) is 33.3 Å². The molecule has 0 bridgehead atoms. The van der Waals surface area contributed by atoms with Crippen LogP contribution in [0.2, 0.25) is 0 Å². The molecule has 2 N–H and O–H groups in total. The number of hydrogen-bond donors (Lipinski definition) is 2. The number of nitrogens with zero attached hydrogens (tertiary/aromatic N) is 1. The van der Waals surface area contributed by atoms with Crippen molar-refractivity contribution in [2.45, 2.75) is 17.7 Å². The Balaban J connectivity index is 1.95.